The number of primary amides is 1. The average Bonchev–Trinajstić information content (AvgIpc) is 2.55. The van der Waals surface area contributed by atoms with Crippen molar-refractivity contribution in [3.8, 4) is 0 Å². The van der Waals surface area contributed by atoms with Crippen molar-refractivity contribution in [3.05, 3.63) is 71.3 Å². The third kappa shape index (κ3) is 4.95. The van der Waals surface area contributed by atoms with Crippen molar-refractivity contribution < 1.29 is 19.5 Å². The molecular weight excluding hydrogens is 308 g/mol. The minimum absolute atomic E-state index is 0.155. The predicted molar refractivity (Wildman–Crippen MR) is 88.4 cm³/mol. The molecule has 0 unspecified atom stereocenters. The first-order valence-corrected chi connectivity index (χ1v) is 7.40. The topological polar surface area (TPSA) is 109 Å². The molecule has 0 aromatic heterocycles. The van der Waals surface area contributed by atoms with Crippen LogP contribution in [-0.2, 0) is 22.4 Å². The Morgan fingerprint density at radius 1 is 0.958 bits per heavy atom. The van der Waals surface area contributed by atoms with Crippen LogP contribution in [0.15, 0.2) is 54.6 Å². The number of rotatable bonds is 7. The summed E-state index contributed by atoms with van der Waals surface area (Å²) in [6.45, 7) is 0. The van der Waals surface area contributed by atoms with Crippen LogP contribution >= 0.6 is 0 Å². The maximum Gasteiger partial charge on any atom is 0.335 e. The summed E-state index contributed by atoms with van der Waals surface area (Å²) in [4.78, 5) is 34.5. The van der Waals surface area contributed by atoms with Crippen LogP contribution in [0.3, 0.4) is 0 Å². The molecule has 2 amide bonds. The maximum absolute atomic E-state index is 12.1. The van der Waals surface area contributed by atoms with Crippen LogP contribution in [0.25, 0.3) is 0 Å². The molecule has 4 N–H and O–H groups in total. The number of amides is 2. The molecule has 124 valence electrons. The summed E-state index contributed by atoms with van der Waals surface area (Å²) >= 11 is 0. The first-order chi connectivity index (χ1) is 11.5. The van der Waals surface area contributed by atoms with Crippen molar-refractivity contribution >= 4 is 17.8 Å². The summed E-state index contributed by atoms with van der Waals surface area (Å²) < 4.78 is 0. The first-order valence-electron chi connectivity index (χ1n) is 7.40. The number of nitrogens with two attached hydrogens (primary N) is 1. The van der Waals surface area contributed by atoms with Crippen LogP contribution in [0.2, 0.25) is 0 Å². The van der Waals surface area contributed by atoms with Gasteiger partial charge in [-0.1, -0.05) is 42.5 Å². The Hall–Kier alpha value is -3.15. The number of benzene rings is 2. The van der Waals surface area contributed by atoms with Gasteiger partial charge in [0, 0.05) is 6.42 Å². The molecule has 0 heterocycles. The molecule has 0 radical (unpaired) electrons. The van der Waals surface area contributed by atoms with Crippen LogP contribution < -0.4 is 11.1 Å². The molecule has 0 aliphatic rings. The van der Waals surface area contributed by atoms with Gasteiger partial charge < -0.3 is 16.2 Å². The van der Waals surface area contributed by atoms with Crippen molar-refractivity contribution in [1.29, 1.82) is 0 Å². The Bertz CT molecular complexity index is 726. The number of carbonyl (C=O) groups excluding carboxylic acids is 2. The van der Waals surface area contributed by atoms with E-state index in [2.05, 4.69) is 5.32 Å². The van der Waals surface area contributed by atoms with Crippen LogP contribution in [0.4, 0.5) is 0 Å². The second-order valence-electron chi connectivity index (χ2n) is 5.39. The quantitative estimate of drug-likeness (QED) is 0.708. The smallest absolute Gasteiger partial charge is 0.335 e. The van der Waals surface area contributed by atoms with Crippen molar-refractivity contribution in [2.24, 2.45) is 5.73 Å². The first kappa shape index (κ1) is 17.2. The number of hydrogen-bond acceptors (Lipinski definition) is 3. The van der Waals surface area contributed by atoms with Gasteiger partial charge in [-0.15, -0.1) is 0 Å². The Morgan fingerprint density at radius 3 is 2.12 bits per heavy atom. The lowest BCUT2D eigenvalue weighted by molar-refractivity contribution is -0.127. The highest BCUT2D eigenvalue weighted by molar-refractivity contribution is 5.88. The summed E-state index contributed by atoms with van der Waals surface area (Å²) in [5.41, 5.74) is 7.06. The van der Waals surface area contributed by atoms with E-state index in [9.17, 15) is 14.4 Å². The fourth-order valence-corrected chi connectivity index (χ4v) is 2.27. The van der Waals surface area contributed by atoms with Crippen LogP contribution in [0.5, 0.6) is 0 Å². The lowest BCUT2D eigenvalue weighted by atomic mass is 10.0. The lowest BCUT2D eigenvalue weighted by Gasteiger charge is -2.16. The Kier molecular flexibility index (Phi) is 5.68. The zero-order chi connectivity index (χ0) is 17.5. The SMILES string of the molecule is NC(=O)[C@@H](Cc1ccc(C(=O)O)cc1)NC(=O)Cc1ccccc1. The largest absolute Gasteiger partial charge is 0.478 e. The summed E-state index contributed by atoms with van der Waals surface area (Å²) in [6.07, 6.45) is 0.359. The highest BCUT2D eigenvalue weighted by Crippen LogP contribution is 2.08. The zero-order valence-electron chi connectivity index (χ0n) is 12.9. The summed E-state index contributed by atoms with van der Waals surface area (Å²) in [5, 5.41) is 11.5. The van der Waals surface area contributed by atoms with Gasteiger partial charge in [0.1, 0.15) is 6.04 Å². The second kappa shape index (κ2) is 7.92. The maximum atomic E-state index is 12.1. The molecule has 2 aromatic carbocycles. The van der Waals surface area contributed by atoms with E-state index in [0.29, 0.717) is 5.56 Å². The van der Waals surface area contributed by atoms with Crippen LogP contribution in [0.1, 0.15) is 21.5 Å². The highest BCUT2D eigenvalue weighted by atomic mass is 16.4. The molecule has 0 spiro atoms. The van der Waals surface area contributed by atoms with E-state index in [-0.39, 0.29) is 24.3 Å². The molecule has 0 aliphatic carbocycles. The monoisotopic (exact) mass is 326 g/mol. The lowest BCUT2D eigenvalue weighted by Crippen LogP contribution is -2.46. The molecule has 0 aliphatic heterocycles. The Labute approximate surface area is 139 Å². The number of carboxylic acids is 1. The molecule has 0 saturated carbocycles. The van der Waals surface area contributed by atoms with Crippen molar-refractivity contribution in [2.45, 2.75) is 18.9 Å². The molecule has 24 heavy (non-hydrogen) atoms. The fraction of sp³-hybridized carbons (Fsp3) is 0.167. The number of nitrogens with one attached hydrogen (secondary N) is 1. The predicted octanol–water partition coefficient (Wildman–Crippen LogP) is 1.14. The van der Waals surface area contributed by atoms with Gasteiger partial charge in [-0.2, -0.15) is 0 Å². The van der Waals surface area contributed by atoms with Crippen LogP contribution in [0, 0.1) is 0 Å². The molecule has 2 aromatic rings. The number of aromatic carboxylic acids is 1. The van der Waals surface area contributed by atoms with Crippen molar-refractivity contribution in [3.63, 3.8) is 0 Å². The van der Waals surface area contributed by atoms with E-state index in [4.69, 9.17) is 10.8 Å². The highest BCUT2D eigenvalue weighted by Gasteiger charge is 2.19. The van der Waals surface area contributed by atoms with Crippen LogP contribution in [-0.4, -0.2) is 28.9 Å². The van der Waals surface area contributed by atoms with E-state index in [1.54, 1.807) is 12.1 Å². The van der Waals surface area contributed by atoms with Gasteiger partial charge >= 0.3 is 5.97 Å². The third-order valence-corrected chi connectivity index (χ3v) is 3.53. The fourth-order valence-electron chi connectivity index (χ4n) is 2.27. The molecule has 0 fully saturated rings. The zero-order valence-corrected chi connectivity index (χ0v) is 12.9. The van der Waals surface area contributed by atoms with Crippen molar-refractivity contribution in [2.75, 3.05) is 0 Å². The van der Waals surface area contributed by atoms with E-state index in [1.807, 2.05) is 30.3 Å². The number of hydrogen-bond donors (Lipinski definition) is 3. The standard InChI is InChI=1S/C18H18N2O4/c19-17(22)15(10-13-6-8-14(9-7-13)18(23)24)20-16(21)11-12-4-2-1-3-5-12/h1-9,15H,10-11H2,(H2,19,22)(H,20,21)(H,23,24)/t15-/m1/s1. The molecule has 0 bridgehead atoms. The summed E-state index contributed by atoms with van der Waals surface area (Å²) in [5.74, 6) is -1.96. The molecule has 2 rings (SSSR count). The minimum atomic E-state index is -1.02. The van der Waals surface area contributed by atoms with Gasteiger partial charge in [0.15, 0.2) is 0 Å². The molecule has 1 atom stereocenters. The van der Waals surface area contributed by atoms with Gasteiger partial charge in [0.25, 0.3) is 0 Å². The van der Waals surface area contributed by atoms with E-state index < -0.39 is 17.9 Å². The average molecular weight is 326 g/mol. The van der Waals surface area contributed by atoms with Gasteiger partial charge in [0.2, 0.25) is 11.8 Å². The van der Waals surface area contributed by atoms with Gasteiger partial charge in [-0.25, -0.2) is 4.79 Å². The third-order valence-electron chi connectivity index (χ3n) is 3.53. The van der Waals surface area contributed by atoms with E-state index >= 15 is 0 Å². The van der Waals surface area contributed by atoms with E-state index in [0.717, 1.165) is 5.56 Å². The van der Waals surface area contributed by atoms with Gasteiger partial charge in [-0.05, 0) is 23.3 Å². The number of carbonyl (C=O) groups is 3. The van der Waals surface area contributed by atoms with Crippen molar-refractivity contribution in [1.82, 2.24) is 5.32 Å². The summed E-state index contributed by atoms with van der Waals surface area (Å²) in [7, 11) is 0. The number of carboxylic acid groups (broad SMARTS) is 1. The molecule has 6 nitrogen and oxygen atoms in total. The molecule has 6 heteroatoms. The van der Waals surface area contributed by atoms with Gasteiger partial charge in [-0.3, -0.25) is 9.59 Å². The minimum Gasteiger partial charge on any atom is -0.478 e. The Morgan fingerprint density at radius 2 is 1.58 bits per heavy atom. The summed E-state index contributed by atoms with van der Waals surface area (Å²) in [6, 6.07) is 14.4. The molecule has 0 saturated heterocycles. The molecular formula is C18H18N2O4. The normalized spacial score (nSPS) is 11.5. The van der Waals surface area contributed by atoms with E-state index in [1.165, 1.54) is 12.1 Å². The Balaban J connectivity index is 2.00. The van der Waals surface area contributed by atoms with Gasteiger partial charge in [0.05, 0.1) is 12.0 Å². The second-order valence-corrected chi connectivity index (χ2v) is 5.39.